The molecule has 0 aliphatic heterocycles. The summed E-state index contributed by atoms with van der Waals surface area (Å²) in [6.45, 7) is 0. The van der Waals surface area contributed by atoms with Crippen LogP contribution < -0.4 is 5.73 Å². The van der Waals surface area contributed by atoms with Gasteiger partial charge >= 0.3 is 5.97 Å². The standard InChI is InChI=1S/C10H10N2O2.ClH/c1-14-10(13)6-4-8(11)7-2-3-12-9(7)5-6;/h2-5,12H,11H2,1H3;1H. The Hall–Kier alpha value is -1.68. The number of nitrogen functional groups attached to an aromatic ring is 1. The predicted molar refractivity (Wildman–Crippen MR) is 61.3 cm³/mol. The average molecular weight is 227 g/mol. The molecule has 0 atom stereocenters. The highest BCUT2D eigenvalue weighted by molar-refractivity contribution is 5.99. The van der Waals surface area contributed by atoms with Gasteiger partial charge in [0.2, 0.25) is 0 Å². The van der Waals surface area contributed by atoms with Crippen molar-refractivity contribution >= 4 is 35.0 Å². The number of esters is 1. The van der Waals surface area contributed by atoms with Gasteiger partial charge in [0.15, 0.2) is 0 Å². The zero-order valence-electron chi connectivity index (χ0n) is 8.11. The van der Waals surface area contributed by atoms with Gasteiger partial charge in [-0.05, 0) is 18.2 Å². The van der Waals surface area contributed by atoms with Gasteiger partial charge in [0.05, 0.1) is 12.7 Å². The first-order valence-electron chi connectivity index (χ1n) is 4.17. The molecule has 1 heterocycles. The van der Waals surface area contributed by atoms with Crippen molar-refractivity contribution in [3.8, 4) is 0 Å². The molecular formula is C10H11ClN2O2. The van der Waals surface area contributed by atoms with Gasteiger partial charge < -0.3 is 15.5 Å². The Kier molecular flexibility index (Phi) is 3.21. The van der Waals surface area contributed by atoms with Crippen LogP contribution in [0.3, 0.4) is 0 Å². The lowest BCUT2D eigenvalue weighted by atomic mass is 10.1. The number of methoxy groups -OCH3 is 1. The zero-order valence-corrected chi connectivity index (χ0v) is 8.93. The molecule has 0 aliphatic carbocycles. The number of benzene rings is 1. The first-order chi connectivity index (χ1) is 6.72. The fourth-order valence-electron chi connectivity index (χ4n) is 1.43. The summed E-state index contributed by atoms with van der Waals surface area (Å²) in [5.74, 6) is -0.381. The smallest absolute Gasteiger partial charge is 0.337 e. The van der Waals surface area contributed by atoms with Gasteiger partial charge in [0, 0.05) is 22.8 Å². The zero-order chi connectivity index (χ0) is 10.1. The van der Waals surface area contributed by atoms with Crippen molar-refractivity contribution in [1.29, 1.82) is 0 Å². The van der Waals surface area contributed by atoms with Crippen LogP contribution in [0.2, 0.25) is 0 Å². The maximum Gasteiger partial charge on any atom is 0.337 e. The Morgan fingerprint density at radius 2 is 2.20 bits per heavy atom. The molecule has 0 bridgehead atoms. The largest absolute Gasteiger partial charge is 0.465 e. The highest BCUT2D eigenvalue weighted by Gasteiger charge is 2.08. The molecule has 3 N–H and O–H groups in total. The summed E-state index contributed by atoms with van der Waals surface area (Å²) >= 11 is 0. The summed E-state index contributed by atoms with van der Waals surface area (Å²) in [4.78, 5) is 14.2. The van der Waals surface area contributed by atoms with E-state index in [9.17, 15) is 4.79 Å². The number of ether oxygens (including phenoxy) is 1. The van der Waals surface area contributed by atoms with Crippen LogP contribution in [0.5, 0.6) is 0 Å². The number of hydrogen-bond donors (Lipinski definition) is 2. The molecule has 15 heavy (non-hydrogen) atoms. The number of rotatable bonds is 1. The first-order valence-corrected chi connectivity index (χ1v) is 4.17. The van der Waals surface area contributed by atoms with E-state index in [1.54, 1.807) is 18.3 Å². The van der Waals surface area contributed by atoms with Crippen LogP contribution in [0, 0.1) is 0 Å². The van der Waals surface area contributed by atoms with Crippen LogP contribution in [-0.2, 0) is 4.74 Å². The molecule has 4 nitrogen and oxygen atoms in total. The van der Waals surface area contributed by atoms with Gasteiger partial charge in [-0.1, -0.05) is 0 Å². The van der Waals surface area contributed by atoms with E-state index in [-0.39, 0.29) is 18.4 Å². The summed E-state index contributed by atoms with van der Waals surface area (Å²) < 4.78 is 4.61. The van der Waals surface area contributed by atoms with Crippen molar-refractivity contribution < 1.29 is 9.53 Å². The van der Waals surface area contributed by atoms with Crippen molar-refractivity contribution in [1.82, 2.24) is 4.98 Å². The second kappa shape index (κ2) is 4.23. The van der Waals surface area contributed by atoms with E-state index in [0.717, 1.165) is 10.9 Å². The van der Waals surface area contributed by atoms with Crippen molar-refractivity contribution in [2.24, 2.45) is 0 Å². The molecule has 1 aromatic carbocycles. The van der Waals surface area contributed by atoms with Gasteiger partial charge in [-0.3, -0.25) is 0 Å². The summed E-state index contributed by atoms with van der Waals surface area (Å²) in [5.41, 5.74) is 7.64. The minimum atomic E-state index is -0.381. The third-order valence-electron chi connectivity index (χ3n) is 2.12. The quantitative estimate of drug-likeness (QED) is 0.577. The van der Waals surface area contributed by atoms with E-state index in [1.165, 1.54) is 7.11 Å². The molecule has 80 valence electrons. The lowest BCUT2D eigenvalue weighted by Gasteiger charge is -2.01. The third kappa shape index (κ3) is 1.89. The summed E-state index contributed by atoms with van der Waals surface area (Å²) in [6, 6.07) is 5.20. The molecule has 5 heteroatoms. The van der Waals surface area contributed by atoms with Gasteiger partial charge in [-0.25, -0.2) is 4.79 Å². The highest BCUT2D eigenvalue weighted by atomic mass is 35.5. The normalized spacial score (nSPS) is 9.67. The molecule has 2 aromatic rings. The van der Waals surface area contributed by atoms with Gasteiger partial charge in [-0.2, -0.15) is 0 Å². The van der Waals surface area contributed by atoms with Crippen molar-refractivity contribution in [2.75, 3.05) is 12.8 Å². The number of nitrogens with one attached hydrogen (secondary N) is 1. The topological polar surface area (TPSA) is 68.1 Å². The van der Waals surface area contributed by atoms with Gasteiger partial charge in [0.1, 0.15) is 0 Å². The average Bonchev–Trinajstić information content (AvgIpc) is 2.64. The Balaban J connectivity index is 0.00000112. The molecule has 0 spiro atoms. The van der Waals surface area contributed by atoms with E-state index in [2.05, 4.69) is 9.72 Å². The van der Waals surface area contributed by atoms with E-state index >= 15 is 0 Å². The monoisotopic (exact) mass is 226 g/mol. The molecule has 0 aliphatic rings. The van der Waals surface area contributed by atoms with Crippen molar-refractivity contribution in [3.05, 3.63) is 30.0 Å². The minimum absolute atomic E-state index is 0. The highest BCUT2D eigenvalue weighted by Crippen LogP contribution is 2.22. The number of fused-ring (bicyclic) bond motifs is 1. The van der Waals surface area contributed by atoms with E-state index in [1.807, 2.05) is 6.07 Å². The molecule has 0 saturated carbocycles. The number of hydrogen-bond acceptors (Lipinski definition) is 3. The lowest BCUT2D eigenvalue weighted by molar-refractivity contribution is 0.0601. The maximum atomic E-state index is 11.2. The van der Waals surface area contributed by atoms with Crippen LogP contribution in [-0.4, -0.2) is 18.1 Å². The Morgan fingerprint density at radius 1 is 1.47 bits per heavy atom. The molecule has 1 aromatic heterocycles. The molecular weight excluding hydrogens is 216 g/mol. The number of anilines is 1. The van der Waals surface area contributed by atoms with E-state index in [0.29, 0.717) is 11.3 Å². The third-order valence-corrected chi connectivity index (χ3v) is 2.12. The van der Waals surface area contributed by atoms with Crippen molar-refractivity contribution in [3.63, 3.8) is 0 Å². The molecule has 0 unspecified atom stereocenters. The first kappa shape index (κ1) is 11.4. The molecule has 2 rings (SSSR count). The van der Waals surface area contributed by atoms with E-state index < -0.39 is 0 Å². The van der Waals surface area contributed by atoms with Gasteiger partial charge in [-0.15, -0.1) is 12.4 Å². The number of halogens is 1. The fraction of sp³-hybridized carbons (Fsp3) is 0.100. The Bertz CT molecular complexity index is 493. The number of nitrogens with two attached hydrogens (primary N) is 1. The van der Waals surface area contributed by atoms with Gasteiger partial charge in [0.25, 0.3) is 0 Å². The molecule has 0 radical (unpaired) electrons. The predicted octanol–water partition coefficient (Wildman–Crippen LogP) is 1.96. The van der Waals surface area contributed by atoms with E-state index in [4.69, 9.17) is 5.73 Å². The Labute approximate surface area is 92.8 Å². The van der Waals surface area contributed by atoms with Crippen LogP contribution in [0.15, 0.2) is 24.4 Å². The van der Waals surface area contributed by atoms with Crippen molar-refractivity contribution in [2.45, 2.75) is 0 Å². The summed E-state index contributed by atoms with van der Waals surface area (Å²) in [7, 11) is 1.34. The molecule has 0 saturated heterocycles. The number of aromatic amines is 1. The van der Waals surface area contributed by atoms with Crippen LogP contribution in [0.4, 0.5) is 5.69 Å². The van der Waals surface area contributed by atoms with Crippen LogP contribution in [0.1, 0.15) is 10.4 Å². The Morgan fingerprint density at radius 3 is 2.87 bits per heavy atom. The SMILES string of the molecule is COC(=O)c1cc(N)c2cc[nH]c2c1.Cl. The van der Waals surface area contributed by atoms with Crippen LogP contribution >= 0.6 is 12.4 Å². The van der Waals surface area contributed by atoms with Crippen LogP contribution in [0.25, 0.3) is 10.9 Å². The summed E-state index contributed by atoms with van der Waals surface area (Å²) in [5, 5.41) is 0.914. The number of carbonyl (C=O) groups is 1. The summed E-state index contributed by atoms with van der Waals surface area (Å²) in [6.07, 6.45) is 1.78. The number of aromatic nitrogens is 1. The fourth-order valence-corrected chi connectivity index (χ4v) is 1.43. The second-order valence-corrected chi connectivity index (χ2v) is 3.00. The number of H-pyrrole nitrogens is 1. The number of carbonyl (C=O) groups excluding carboxylic acids is 1. The lowest BCUT2D eigenvalue weighted by Crippen LogP contribution is -2.02. The molecule has 0 amide bonds. The second-order valence-electron chi connectivity index (χ2n) is 3.00. The minimum Gasteiger partial charge on any atom is -0.465 e. The molecule has 0 fully saturated rings. The maximum absolute atomic E-state index is 11.2.